The van der Waals surface area contributed by atoms with E-state index < -0.39 is 5.41 Å². The summed E-state index contributed by atoms with van der Waals surface area (Å²) in [6.45, 7) is 3.92. The fourth-order valence-electron chi connectivity index (χ4n) is 3.43. The van der Waals surface area contributed by atoms with Gasteiger partial charge in [-0.05, 0) is 23.3 Å². The number of H-pyrrole nitrogens is 1. The first-order valence-corrected chi connectivity index (χ1v) is 9.49. The molecule has 1 amide bonds. The molecule has 0 fully saturated rings. The van der Waals surface area contributed by atoms with Crippen LogP contribution >= 0.6 is 11.3 Å². The van der Waals surface area contributed by atoms with Crippen LogP contribution in [-0.4, -0.2) is 26.3 Å². The van der Waals surface area contributed by atoms with Crippen LogP contribution in [-0.2, 0) is 4.79 Å². The zero-order valence-electron chi connectivity index (χ0n) is 15.0. The molecular weight excluding hydrogens is 358 g/mol. The van der Waals surface area contributed by atoms with Gasteiger partial charge in [0.1, 0.15) is 5.51 Å². The summed E-state index contributed by atoms with van der Waals surface area (Å²) < 4.78 is 0. The molecule has 0 aliphatic carbocycles. The van der Waals surface area contributed by atoms with Crippen molar-refractivity contribution in [3.8, 4) is 0 Å². The first-order chi connectivity index (χ1) is 13.1. The molecule has 2 heterocycles. The van der Waals surface area contributed by atoms with Crippen molar-refractivity contribution in [2.75, 3.05) is 5.32 Å². The van der Waals surface area contributed by atoms with Crippen LogP contribution in [0.1, 0.15) is 30.9 Å². The molecule has 0 bridgehead atoms. The first-order valence-electron chi connectivity index (χ1n) is 8.61. The highest BCUT2D eigenvalue weighted by atomic mass is 32.1. The number of aromatic amines is 1. The minimum atomic E-state index is -0.718. The lowest BCUT2D eigenvalue weighted by atomic mass is 9.70. The second-order valence-electron chi connectivity index (χ2n) is 6.98. The molecule has 0 spiro atoms. The second-order valence-corrected chi connectivity index (χ2v) is 7.81. The van der Waals surface area contributed by atoms with Gasteiger partial charge < -0.3 is 5.32 Å². The number of hydrogen-bond donors (Lipinski definition) is 2. The number of amides is 1. The van der Waals surface area contributed by atoms with Crippen molar-refractivity contribution < 1.29 is 4.79 Å². The molecule has 0 radical (unpaired) electrons. The number of anilines is 1. The summed E-state index contributed by atoms with van der Waals surface area (Å²) in [6, 6.07) is 16.2. The van der Waals surface area contributed by atoms with E-state index in [0.29, 0.717) is 5.13 Å². The van der Waals surface area contributed by atoms with Gasteiger partial charge in [-0.25, -0.2) is 0 Å². The van der Waals surface area contributed by atoms with Gasteiger partial charge >= 0.3 is 0 Å². The molecule has 7 heteroatoms. The van der Waals surface area contributed by atoms with Crippen molar-refractivity contribution >= 4 is 33.3 Å². The Bertz CT molecular complexity index is 1060. The van der Waals surface area contributed by atoms with Gasteiger partial charge in [0.2, 0.25) is 11.0 Å². The molecule has 1 atom stereocenters. The predicted octanol–water partition coefficient (Wildman–Crippen LogP) is 4.21. The monoisotopic (exact) mass is 377 g/mol. The molecule has 0 saturated heterocycles. The topological polar surface area (TPSA) is 83.6 Å². The zero-order valence-corrected chi connectivity index (χ0v) is 15.8. The van der Waals surface area contributed by atoms with Gasteiger partial charge in [-0.2, -0.15) is 5.10 Å². The molecule has 136 valence electrons. The molecule has 0 aliphatic rings. The standard InChI is InChI=1S/C20H19N5OS/c1-20(2,18(26)23-19-25-22-12-27-19)17(13-6-4-3-5-7-13)14-8-9-16-15(10-14)11-21-24-16/h3-12,17H,1-2H3,(H,21,24)(H,23,25,26). The van der Waals surface area contributed by atoms with Gasteiger partial charge in [-0.15, -0.1) is 10.2 Å². The number of carbonyl (C=O) groups excluding carboxylic acids is 1. The van der Waals surface area contributed by atoms with E-state index in [1.165, 1.54) is 11.3 Å². The number of benzene rings is 2. The van der Waals surface area contributed by atoms with Crippen molar-refractivity contribution in [1.29, 1.82) is 0 Å². The van der Waals surface area contributed by atoms with E-state index in [2.05, 4.69) is 50.0 Å². The van der Waals surface area contributed by atoms with E-state index in [9.17, 15) is 4.79 Å². The number of nitrogens with one attached hydrogen (secondary N) is 2. The van der Waals surface area contributed by atoms with Crippen LogP contribution in [0.25, 0.3) is 10.9 Å². The van der Waals surface area contributed by atoms with Crippen molar-refractivity contribution in [3.05, 3.63) is 71.4 Å². The third kappa shape index (κ3) is 3.33. The Morgan fingerprint density at radius 1 is 1.15 bits per heavy atom. The maximum atomic E-state index is 13.1. The van der Waals surface area contributed by atoms with Gasteiger partial charge in [-0.3, -0.25) is 9.89 Å². The summed E-state index contributed by atoms with van der Waals surface area (Å²) in [6.07, 6.45) is 1.80. The Labute approximate surface area is 160 Å². The van der Waals surface area contributed by atoms with Crippen LogP contribution in [0, 0.1) is 5.41 Å². The van der Waals surface area contributed by atoms with Crippen LogP contribution < -0.4 is 5.32 Å². The number of nitrogens with zero attached hydrogens (tertiary/aromatic N) is 3. The maximum Gasteiger partial charge on any atom is 0.232 e. The van der Waals surface area contributed by atoms with Crippen molar-refractivity contribution in [3.63, 3.8) is 0 Å². The highest BCUT2D eigenvalue weighted by Gasteiger charge is 2.39. The Hall–Kier alpha value is -3.06. The van der Waals surface area contributed by atoms with Crippen molar-refractivity contribution in [2.45, 2.75) is 19.8 Å². The van der Waals surface area contributed by atoms with E-state index in [4.69, 9.17) is 0 Å². The quantitative estimate of drug-likeness (QED) is 0.546. The summed E-state index contributed by atoms with van der Waals surface area (Å²) in [7, 11) is 0. The van der Waals surface area contributed by atoms with Crippen LogP contribution in [0.2, 0.25) is 0 Å². The van der Waals surface area contributed by atoms with Crippen LogP contribution in [0.4, 0.5) is 5.13 Å². The number of aromatic nitrogens is 4. The molecule has 1 unspecified atom stereocenters. The van der Waals surface area contributed by atoms with E-state index in [1.807, 2.05) is 38.1 Å². The normalized spacial score (nSPS) is 12.8. The summed E-state index contributed by atoms with van der Waals surface area (Å²) in [5, 5.41) is 19.2. The summed E-state index contributed by atoms with van der Waals surface area (Å²) in [4.78, 5) is 13.1. The summed E-state index contributed by atoms with van der Waals surface area (Å²) >= 11 is 1.31. The van der Waals surface area contributed by atoms with Crippen molar-refractivity contribution in [1.82, 2.24) is 20.4 Å². The summed E-state index contributed by atoms with van der Waals surface area (Å²) in [5.41, 5.74) is 4.00. The van der Waals surface area contributed by atoms with Gasteiger partial charge in [0.15, 0.2) is 0 Å². The zero-order chi connectivity index (χ0) is 18.9. The summed E-state index contributed by atoms with van der Waals surface area (Å²) in [5.74, 6) is -0.230. The van der Waals surface area contributed by atoms with Crippen LogP contribution in [0.15, 0.2) is 60.2 Å². The number of hydrogen-bond acceptors (Lipinski definition) is 5. The Morgan fingerprint density at radius 3 is 2.70 bits per heavy atom. The molecular formula is C20H19N5OS. The predicted molar refractivity (Wildman–Crippen MR) is 107 cm³/mol. The van der Waals surface area contributed by atoms with Crippen LogP contribution in [0.3, 0.4) is 0 Å². The molecule has 0 aliphatic heterocycles. The average molecular weight is 377 g/mol. The number of rotatable bonds is 5. The second kappa shape index (κ2) is 6.92. The fourth-order valence-corrected chi connectivity index (χ4v) is 3.87. The molecule has 2 aromatic heterocycles. The van der Waals surface area contributed by atoms with Crippen LogP contribution in [0.5, 0.6) is 0 Å². The van der Waals surface area contributed by atoms with E-state index in [1.54, 1.807) is 11.7 Å². The third-order valence-electron chi connectivity index (χ3n) is 4.82. The first kappa shape index (κ1) is 17.4. The average Bonchev–Trinajstić information content (AvgIpc) is 3.33. The lowest BCUT2D eigenvalue weighted by Crippen LogP contribution is -2.37. The fraction of sp³-hybridized carbons (Fsp3) is 0.200. The molecule has 2 N–H and O–H groups in total. The van der Waals surface area contributed by atoms with Gasteiger partial charge in [0, 0.05) is 11.3 Å². The molecule has 2 aromatic carbocycles. The molecule has 4 aromatic rings. The molecule has 27 heavy (non-hydrogen) atoms. The lowest BCUT2D eigenvalue weighted by Gasteiger charge is -2.33. The van der Waals surface area contributed by atoms with Crippen molar-refractivity contribution in [2.24, 2.45) is 5.41 Å². The highest BCUT2D eigenvalue weighted by Crippen LogP contribution is 2.42. The molecule has 6 nitrogen and oxygen atoms in total. The van der Waals surface area contributed by atoms with E-state index in [0.717, 1.165) is 22.0 Å². The van der Waals surface area contributed by atoms with Gasteiger partial charge in [0.05, 0.1) is 17.1 Å². The smallest absolute Gasteiger partial charge is 0.232 e. The molecule has 0 saturated carbocycles. The number of fused-ring (bicyclic) bond motifs is 1. The Kier molecular flexibility index (Phi) is 4.45. The maximum absolute atomic E-state index is 13.1. The van der Waals surface area contributed by atoms with E-state index in [-0.39, 0.29) is 11.8 Å². The SMILES string of the molecule is CC(C)(C(=O)Nc1nncs1)C(c1ccccc1)c1ccc2[nH]ncc2c1. The number of carbonyl (C=O) groups is 1. The minimum absolute atomic E-state index is 0.0969. The Balaban J connectivity index is 1.78. The molecule has 4 rings (SSSR count). The third-order valence-corrected chi connectivity index (χ3v) is 5.42. The highest BCUT2D eigenvalue weighted by molar-refractivity contribution is 7.13. The van der Waals surface area contributed by atoms with E-state index >= 15 is 0 Å². The van der Waals surface area contributed by atoms with Gasteiger partial charge in [-0.1, -0.05) is 61.6 Å². The minimum Gasteiger partial charge on any atom is -0.300 e. The largest absolute Gasteiger partial charge is 0.300 e. The van der Waals surface area contributed by atoms with Gasteiger partial charge in [0.25, 0.3) is 0 Å². The Morgan fingerprint density at radius 2 is 1.96 bits per heavy atom. The lowest BCUT2D eigenvalue weighted by molar-refractivity contribution is -0.124.